The molecule has 0 radical (unpaired) electrons. The highest BCUT2D eigenvalue weighted by atomic mass is 16.6. The van der Waals surface area contributed by atoms with Crippen molar-refractivity contribution in [2.75, 3.05) is 11.9 Å². The molecule has 0 unspecified atom stereocenters. The topological polar surface area (TPSA) is 123 Å². The van der Waals surface area contributed by atoms with Gasteiger partial charge >= 0.3 is 5.97 Å². The van der Waals surface area contributed by atoms with E-state index in [-0.39, 0.29) is 29.5 Å². The second-order valence-electron chi connectivity index (χ2n) is 6.28. The normalized spacial score (nSPS) is 10.5. The molecule has 0 aliphatic rings. The number of para-hydroxylation sites is 1. The van der Waals surface area contributed by atoms with Gasteiger partial charge in [-0.2, -0.15) is 5.10 Å². The first-order chi connectivity index (χ1) is 15.0. The lowest BCUT2D eigenvalue weighted by Crippen LogP contribution is -2.25. The Balaban J connectivity index is 1.49. The van der Waals surface area contributed by atoms with Gasteiger partial charge < -0.3 is 10.1 Å². The highest BCUT2D eigenvalue weighted by Crippen LogP contribution is 2.17. The predicted octanol–water partition coefficient (Wildman–Crippen LogP) is 3.38. The average Bonchev–Trinajstić information content (AvgIpc) is 2.79. The Kier molecular flexibility index (Phi) is 7.04. The lowest BCUT2D eigenvalue weighted by molar-refractivity contribution is -0.384. The van der Waals surface area contributed by atoms with Gasteiger partial charge in [0.25, 0.3) is 11.6 Å². The number of rotatable bonds is 8. The van der Waals surface area contributed by atoms with E-state index in [4.69, 9.17) is 4.74 Å². The number of esters is 1. The van der Waals surface area contributed by atoms with E-state index in [0.29, 0.717) is 5.56 Å². The first-order valence-electron chi connectivity index (χ1n) is 9.19. The molecule has 0 heterocycles. The Morgan fingerprint density at radius 3 is 2.45 bits per heavy atom. The minimum absolute atomic E-state index is 0.0756. The number of non-ortho nitro benzene ring substituents is 1. The summed E-state index contributed by atoms with van der Waals surface area (Å²) < 4.78 is 5.22. The first kappa shape index (κ1) is 21.2. The van der Waals surface area contributed by atoms with Gasteiger partial charge in [-0.1, -0.05) is 24.3 Å². The lowest BCUT2D eigenvalue weighted by atomic mass is 10.2. The van der Waals surface area contributed by atoms with Crippen LogP contribution in [0, 0.1) is 10.1 Å². The number of nitro groups is 1. The van der Waals surface area contributed by atoms with Gasteiger partial charge in [0.1, 0.15) is 5.75 Å². The molecule has 9 heteroatoms. The number of anilines is 1. The quantitative estimate of drug-likeness (QED) is 0.190. The molecule has 0 fully saturated rings. The number of carbonyl (C=O) groups is 2. The van der Waals surface area contributed by atoms with Crippen LogP contribution in [-0.2, 0) is 4.79 Å². The summed E-state index contributed by atoms with van der Waals surface area (Å²) in [5, 5.41) is 17.7. The Morgan fingerprint density at radius 2 is 1.74 bits per heavy atom. The Hall–Kier alpha value is -4.53. The van der Waals surface area contributed by atoms with Crippen molar-refractivity contribution in [2.24, 2.45) is 5.10 Å². The van der Waals surface area contributed by atoms with Gasteiger partial charge in [0, 0.05) is 17.8 Å². The summed E-state index contributed by atoms with van der Waals surface area (Å²) in [6, 6.07) is 21.0. The Labute approximate surface area is 177 Å². The van der Waals surface area contributed by atoms with Gasteiger partial charge in [-0.15, -0.1) is 0 Å². The molecular weight excluding hydrogens is 400 g/mol. The van der Waals surface area contributed by atoms with E-state index in [1.807, 2.05) is 30.3 Å². The Morgan fingerprint density at radius 1 is 1.00 bits per heavy atom. The molecule has 0 saturated carbocycles. The van der Waals surface area contributed by atoms with Crippen LogP contribution >= 0.6 is 0 Å². The summed E-state index contributed by atoms with van der Waals surface area (Å²) in [7, 11) is 0. The second kappa shape index (κ2) is 10.3. The number of benzene rings is 3. The maximum absolute atomic E-state index is 12.2. The van der Waals surface area contributed by atoms with Crippen LogP contribution in [-0.4, -0.2) is 29.6 Å². The van der Waals surface area contributed by atoms with E-state index < -0.39 is 10.9 Å². The highest BCUT2D eigenvalue weighted by Gasteiger charge is 2.13. The van der Waals surface area contributed by atoms with Crippen LogP contribution in [0.3, 0.4) is 0 Å². The molecule has 0 bridgehead atoms. The van der Waals surface area contributed by atoms with Gasteiger partial charge in [0.15, 0.2) is 0 Å². The summed E-state index contributed by atoms with van der Waals surface area (Å²) in [6.07, 6.45) is 1.45. The summed E-state index contributed by atoms with van der Waals surface area (Å²) in [5.74, 6) is -0.740. The molecule has 9 nitrogen and oxygen atoms in total. The second-order valence-corrected chi connectivity index (χ2v) is 6.28. The van der Waals surface area contributed by atoms with Crippen LogP contribution in [0.5, 0.6) is 5.75 Å². The van der Waals surface area contributed by atoms with Crippen molar-refractivity contribution in [3.63, 3.8) is 0 Å². The number of hydrogen-bond donors (Lipinski definition) is 2. The fraction of sp³-hybridized carbons (Fsp3) is 0.0455. The average molecular weight is 418 g/mol. The van der Waals surface area contributed by atoms with Crippen molar-refractivity contribution in [2.45, 2.75) is 0 Å². The van der Waals surface area contributed by atoms with Gasteiger partial charge in [0.05, 0.1) is 23.2 Å². The van der Waals surface area contributed by atoms with Crippen molar-refractivity contribution in [3.8, 4) is 5.75 Å². The largest absolute Gasteiger partial charge is 0.423 e. The molecule has 2 N–H and O–H groups in total. The maximum Gasteiger partial charge on any atom is 0.343 e. The molecule has 0 spiro atoms. The third-order valence-corrected chi connectivity index (χ3v) is 4.01. The Bertz CT molecular complexity index is 1100. The predicted molar refractivity (Wildman–Crippen MR) is 115 cm³/mol. The van der Waals surface area contributed by atoms with Gasteiger partial charge in [0.2, 0.25) is 0 Å². The number of hydrazone groups is 1. The molecule has 3 aromatic carbocycles. The number of nitro benzene ring substituents is 1. The molecule has 1 amide bonds. The van der Waals surface area contributed by atoms with Gasteiger partial charge in [-0.05, 0) is 48.0 Å². The standard InChI is InChI=1S/C22H18N4O5/c27-21(15-23-18-6-2-1-3-7-18)25-24-14-16-9-11-20(12-10-16)31-22(28)17-5-4-8-19(13-17)26(29)30/h1-14,23H,15H2,(H,25,27)/b24-14+. The van der Waals surface area contributed by atoms with Crippen molar-refractivity contribution >= 4 is 29.5 Å². The van der Waals surface area contributed by atoms with Crippen LogP contribution in [0.1, 0.15) is 15.9 Å². The summed E-state index contributed by atoms with van der Waals surface area (Å²) in [6.45, 7) is 0.0773. The highest BCUT2D eigenvalue weighted by molar-refractivity contribution is 5.92. The molecule has 3 rings (SSSR count). The van der Waals surface area contributed by atoms with E-state index in [1.165, 1.54) is 24.4 Å². The van der Waals surface area contributed by atoms with Crippen molar-refractivity contribution < 1.29 is 19.2 Å². The van der Waals surface area contributed by atoms with Crippen LogP contribution in [0.2, 0.25) is 0 Å². The zero-order chi connectivity index (χ0) is 22.1. The summed E-state index contributed by atoms with van der Waals surface area (Å²) in [4.78, 5) is 34.2. The fourth-order valence-corrected chi connectivity index (χ4v) is 2.49. The van der Waals surface area contributed by atoms with E-state index in [9.17, 15) is 19.7 Å². The van der Waals surface area contributed by atoms with E-state index in [0.717, 1.165) is 11.8 Å². The smallest absolute Gasteiger partial charge is 0.343 e. The molecule has 0 saturated heterocycles. The minimum atomic E-state index is -0.705. The summed E-state index contributed by atoms with van der Waals surface area (Å²) >= 11 is 0. The van der Waals surface area contributed by atoms with Crippen molar-refractivity contribution in [1.82, 2.24) is 5.43 Å². The molecule has 156 valence electrons. The molecular formula is C22H18N4O5. The van der Waals surface area contributed by atoms with Gasteiger partial charge in [-0.3, -0.25) is 14.9 Å². The number of nitrogens with zero attached hydrogens (tertiary/aromatic N) is 2. The van der Waals surface area contributed by atoms with Crippen LogP contribution < -0.4 is 15.5 Å². The number of ether oxygens (including phenoxy) is 1. The van der Waals surface area contributed by atoms with Crippen LogP contribution in [0.25, 0.3) is 0 Å². The number of nitrogens with one attached hydrogen (secondary N) is 2. The van der Waals surface area contributed by atoms with E-state index in [1.54, 1.807) is 24.3 Å². The van der Waals surface area contributed by atoms with E-state index >= 15 is 0 Å². The SMILES string of the molecule is O=C(CNc1ccccc1)N/N=C/c1ccc(OC(=O)c2cccc([N+](=O)[O-])c2)cc1. The molecule has 0 aliphatic carbocycles. The van der Waals surface area contributed by atoms with Crippen molar-refractivity contribution in [1.29, 1.82) is 0 Å². The van der Waals surface area contributed by atoms with Crippen LogP contribution in [0.15, 0.2) is 84.0 Å². The molecule has 3 aromatic rings. The molecule has 0 aromatic heterocycles. The fourth-order valence-electron chi connectivity index (χ4n) is 2.49. The third kappa shape index (κ3) is 6.50. The summed E-state index contributed by atoms with van der Waals surface area (Å²) in [5.41, 5.74) is 3.80. The third-order valence-electron chi connectivity index (χ3n) is 4.01. The number of amides is 1. The molecule has 31 heavy (non-hydrogen) atoms. The minimum Gasteiger partial charge on any atom is -0.423 e. The first-order valence-corrected chi connectivity index (χ1v) is 9.19. The maximum atomic E-state index is 12.2. The lowest BCUT2D eigenvalue weighted by Gasteiger charge is -2.05. The zero-order valence-corrected chi connectivity index (χ0v) is 16.2. The molecule has 0 atom stereocenters. The van der Waals surface area contributed by atoms with Crippen LogP contribution in [0.4, 0.5) is 11.4 Å². The molecule has 0 aliphatic heterocycles. The number of hydrogen-bond acceptors (Lipinski definition) is 7. The van der Waals surface area contributed by atoms with Crippen molar-refractivity contribution in [3.05, 3.63) is 100 Å². The monoisotopic (exact) mass is 418 g/mol. The zero-order valence-electron chi connectivity index (χ0n) is 16.2. The van der Waals surface area contributed by atoms with Gasteiger partial charge in [-0.25, -0.2) is 10.2 Å². The number of carbonyl (C=O) groups excluding carboxylic acids is 2. The van der Waals surface area contributed by atoms with E-state index in [2.05, 4.69) is 15.8 Å².